The number of ether oxygens (including phenoxy) is 2. The van der Waals surface area contributed by atoms with Crippen LogP contribution in [0.3, 0.4) is 0 Å². The molecule has 1 saturated heterocycles. The second-order valence-corrected chi connectivity index (χ2v) is 6.52. The van der Waals surface area contributed by atoms with Crippen molar-refractivity contribution < 1.29 is 19.1 Å². The summed E-state index contributed by atoms with van der Waals surface area (Å²) in [5, 5.41) is 2.54. The number of hydrogen-bond donors (Lipinski definition) is 2. The highest BCUT2D eigenvalue weighted by atomic mass is 32.2. The molecular formula is C19H17N3O4S. The first kappa shape index (κ1) is 18.5. The first-order chi connectivity index (χ1) is 13.0. The summed E-state index contributed by atoms with van der Waals surface area (Å²) in [6.45, 7) is -0.195. The Balaban J connectivity index is 1.84. The third-order valence-corrected chi connectivity index (χ3v) is 4.33. The number of methoxy groups -OCH3 is 1. The van der Waals surface area contributed by atoms with Gasteiger partial charge < -0.3 is 20.5 Å². The first-order valence-electron chi connectivity index (χ1n) is 7.98. The quantitative estimate of drug-likeness (QED) is 0.798. The van der Waals surface area contributed by atoms with Gasteiger partial charge in [-0.05, 0) is 59.8 Å². The fourth-order valence-electron chi connectivity index (χ4n) is 2.30. The fraction of sp³-hybridized carbons (Fsp3) is 0.105. The molecule has 138 valence electrons. The van der Waals surface area contributed by atoms with Crippen molar-refractivity contribution in [1.82, 2.24) is 5.32 Å². The lowest BCUT2D eigenvalue weighted by Gasteiger charge is -2.05. The number of amidine groups is 1. The Kier molecular flexibility index (Phi) is 5.77. The van der Waals surface area contributed by atoms with Crippen LogP contribution in [0.4, 0.5) is 10.5 Å². The molecule has 2 aromatic carbocycles. The highest BCUT2D eigenvalue weighted by Gasteiger charge is 2.23. The summed E-state index contributed by atoms with van der Waals surface area (Å²) in [5.74, 6) is 1.17. The Morgan fingerprint density at radius 2 is 2.00 bits per heavy atom. The average Bonchev–Trinajstić information content (AvgIpc) is 2.99. The van der Waals surface area contributed by atoms with Gasteiger partial charge in [0.1, 0.15) is 17.3 Å². The first-order valence-corrected chi connectivity index (χ1v) is 8.80. The number of amides is 2. The van der Waals surface area contributed by atoms with Gasteiger partial charge in [0.05, 0.1) is 17.7 Å². The number of nitrogens with two attached hydrogens (primary N) is 1. The minimum Gasteiger partial charge on any atom is -0.497 e. The number of primary amides is 1. The Morgan fingerprint density at radius 3 is 2.70 bits per heavy atom. The molecule has 3 rings (SSSR count). The molecule has 0 aromatic heterocycles. The summed E-state index contributed by atoms with van der Waals surface area (Å²) in [7, 11) is 1.59. The number of hydrogen-bond acceptors (Lipinski definition) is 6. The standard InChI is InChI=1S/C19H17N3O4S/c1-25-14-7-5-13(6-8-14)21-18-16(27-19(24)22-18)10-12-3-2-4-15(9-12)26-11-17(20)23/h2-10H,11H2,1H3,(H2,20,23)(H,21,22,24)/b16-10-. The average molecular weight is 383 g/mol. The Labute approximate surface area is 160 Å². The van der Waals surface area contributed by atoms with Crippen LogP contribution in [0, 0.1) is 0 Å². The van der Waals surface area contributed by atoms with Crippen molar-refractivity contribution in [2.75, 3.05) is 13.7 Å². The zero-order chi connectivity index (χ0) is 19.2. The highest BCUT2D eigenvalue weighted by Crippen LogP contribution is 2.29. The number of carbonyl (C=O) groups excluding carboxylic acids is 2. The van der Waals surface area contributed by atoms with Crippen LogP contribution in [0.5, 0.6) is 11.5 Å². The second kappa shape index (κ2) is 8.41. The van der Waals surface area contributed by atoms with Crippen molar-refractivity contribution >= 4 is 40.5 Å². The fourth-order valence-corrected chi connectivity index (χ4v) is 3.03. The summed E-state index contributed by atoms with van der Waals surface area (Å²) < 4.78 is 10.4. The van der Waals surface area contributed by atoms with E-state index >= 15 is 0 Å². The third-order valence-electron chi connectivity index (χ3n) is 3.51. The van der Waals surface area contributed by atoms with E-state index in [-0.39, 0.29) is 11.8 Å². The molecule has 0 unspecified atom stereocenters. The van der Waals surface area contributed by atoms with Gasteiger partial charge in [-0.1, -0.05) is 12.1 Å². The largest absolute Gasteiger partial charge is 0.497 e. The van der Waals surface area contributed by atoms with Crippen molar-refractivity contribution in [3.8, 4) is 11.5 Å². The molecule has 1 fully saturated rings. The van der Waals surface area contributed by atoms with Crippen LogP contribution < -0.4 is 20.5 Å². The maximum Gasteiger partial charge on any atom is 0.289 e. The van der Waals surface area contributed by atoms with Gasteiger partial charge in [0.2, 0.25) is 0 Å². The molecule has 1 aliphatic rings. The lowest BCUT2D eigenvalue weighted by atomic mass is 10.2. The van der Waals surface area contributed by atoms with Crippen molar-refractivity contribution in [2.45, 2.75) is 0 Å². The van der Waals surface area contributed by atoms with Gasteiger partial charge in [0.25, 0.3) is 11.1 Å². The molecule has 2 amide bonds. The van der Waals surface area contributed by atoms with Gasteiger partial charge in [0.15, 0.2) is 6.61 Å². The van der Waals surface area contributed by atoms with Crippen LogP contribution in [0.15, 0.2) is 58.4 Å². The van der Waals surface area contributed by atoms with E-state index < -0.39 is 5.91 Å². The van der Waals surface area contributed by atoms with E-state index in [1.54, 1.807) is 49.6 Å². The zero-order valence-electron chi connectivity index (χ0n) is 14.5. The molecule has 0 spiro atoms. The van der Waals surface area contributed by atoms with E-state index in [0.717, 1.165) is 23.1 Å². The number of nitrogens with one attached hydrogen (secondary N) is 1. The summed E-state index contributed by atoms with van der Waals surface area (Å²) in [4.78, 5) is 27.8. The van der Waals surface area contributed by atoms with Crippen LogP contribution in [-0.4, -0.2) is 30.7 Å². The van der Waals surface area contributed by atoms with E-state index in [1.807, 2.05) is 12.1 Å². The smallest absolute Gasteiger partial charge is 0.289 e. The van der Waals surface area contributed by atoms with Crippen molar-refractivity contribution in [2.24, 2.45) is 10.7 Å². The van der Waals surface area contributed by atoms with Gasteiger partial charge in [-0.15, -0.1) is 0 Å². The predicted octanol–water partition coefficient (Wildman–Crippen LogP) is 3.09. The van der Waals surface area contributed by atoms with Crippen molar-refractivity contribution in [3.63, 3.8) is 0 Å². The monoisotopic (exact) mass is 383 g/mol. The number of carbonyl (C=O) groups is 2. The normalized spacial score (nSPS) is 16.4. The molecule has 2 aromatic rings. The van der Waals surface area contributed by atoms with Gasteiger partial charge in [0, 0.05) is 0 Å². The van der Waals surface area contributed by atoms with Gasteiger partial charge in [-0.25, -0.2) is 4.99 Å². The molecule has 0 bridgehead atoms. The maximum atomic E-state index is 11.8. The molecule has 0 atom stereocenters. The van der Waals surface area contributed by atoms with Crippen LogP contribution >= 0.6 is 11.8 Å². The molecule has 3 N–H and O–H groups in total. The summed E-state index contributed by atoms with van der Waals surface area (Å²) in [6.07, 6.45) is 1.82. The summed E-state index contributed by atoms with van der Waals surface area (Å²) >= 11 is 1.06. The van der Waals surface area contributed by atoms with Crippen LogP contribution in [0.1, 0.15) is 5.56 Å². The number of rotatable bonds is 6. The molecule has 0 aliphatic carbocycles. The van der Waals surface area contributed by atoms with E-state index in [0.29, 0.717) is 22.2 Å². The number of aliphatic imine (C=N–C) groups is 1. The third kappa shape index (κ3) is 5.11. The van der Waals surface area contributed by atoms with E-state index in [9.17, 15) is 9.59 Å². The molecule has 1 heterocycles. The Morgan fingerprint density at radius 1 is 1.22 bits per heavy atom. The molecule has 0 saturated carbocycles. The van der Waals surface area contributed by atoms with Crippen LogP contribution in [0.25, 0.3) is 6.08 Å². The van der Waals surface area contributed by atoms with Crippen molar-refractivity contribution in [3.05, 3.63) is 59.0 Å². The minimum atomic E-state index is -0.547. The molecule has 1 aliphatic heterocycles. The zero-order valence-corrected chi connectivity index (χ0v) is 15.3. The van der Waals surface area contributed by atoms with Gasteiger partial charge in [-0.3, -0.25) is 9.59 Å². The molecule has 0 radical (unpaired) electrons. The number of thioether (sulfide) groups is 1. The number of nitrogens with zero attached hydrogens (tertiary/aromatic N) is 1. The van der Waals surface area contributed by atoms with Crippen LogP contribution in [0.2, 0.25) is 0 Å². The lowest BCUT2D eigenvalue weighted by molar-refractivity contribution is -0.119. The van der Waals surface area contributed by atoms with Gasteiger partial charge in [-0.2, -0.15) is 0 Å². The highest BCUT2D eigenvalue weighted by molar-refractivity contribution is 8.18. The lowest BCUT2D eigenvalue weighted by Crippen LogP contribution is -2.20. The second-order valence-electron chi connectivity index (χ2n) is 5.51. The summed E-state index contributed by atoms with van der Waals surface area (Å²) in [6, 6.07) is 14.3. The molecule has 8 heteroatoms. The van der Waals surface area contributed by atoms with Crippen molar-refractivity contribution in [1.29, 1.82) is 0 Å². The SMILES string of the molecule is COc1ccc(N=C2NC(=O)S/C2=C\c2cccc(OCC(N)=O)c2)cc1. The topological polar surface area (TPSA) is 103 Å². The molecule has 27 heavy (non-hydrogen) atoms. The Bertz CT molecular complexity index is 923. The van der Waals surface area contributed by atoms with E-state index in [2.05, 4.69) is 10.3 Å². The summed E-state index contributed by atoms with van der Waals surface area (Å²) in [5.41, 5.74) is 6.58. The molecular weight excluding hydrogens is 366 g/mol. The van der Waals surface area contributed by atoms with Gasteiger partial charge >= 0.3 is 0 Å². The maximum absolute atomic E-state index is 11.8. The van der Waals surface area contributed by atoms with Crippen LogP contribution in [-0.2, 0) is 4.79 Å². The molecule has 7 nitrogen and oxygen atoms in total. The predicted molar refractivity (Wildman–Crippen MR) is 105 cm³/mol. The van der Waals surface area contributed by atoms with E-state index in [4.69, 9.17) is 15.2 Å². The van der Waals surface area contributed by atoms with E-state index in [1.165, 1.54) is 0 Å². The Hall–Kier alpha value is -3.26. The number of benzene rings is 2. The minimum absolute atomic E-state index is 0.195.